The van der Waals surface area contributed by atoms with E-state index in [1.165, 1.54) is 12.1 Å². The number of amides is 2. The molecule has 6 heteroatoms. The molecule has 25 heavy (non-hydrogen) atoms. The van der Waals surface area contributed by atoms with Crippen LogP contribution in [0.3, 0.4) is 0 Å². The number of nitrogens with zero attached hydrogens (tertiary/aromatic N) is 1. The van der Waals surface area contributed by atoms with E-state index in [1.807, 2.05) is 32.0 Å². The first kappa shape index (κ1) is 16.8. The van der Waals surface area contributed by atoms with Gasteiger partial charge in [-0.25, -0.2) is 4.90 Å². The zero-order valence-electron chi connectivity index (χ0n) is 14.2. The van der Waals surface area contributed by atoms with Crippen LogP contribution >= 0.6 is 0 Å². The minimum atomic E-state index is -0.612. The fourth-order valence-corrected chi connectivity index (χ4v) is 2.88. The Labute approximate surface area is 146 Å². The van der Waals surface area contributed by atoms with Gasteiger partial charge in [-0.15, -0.1) is 0 Å². The molecule has 0 bridgehead atoms. The fourth-order valence-electron chi connectivity index (χ4n) is 2.88. The zero-order chi connectivity index (χ0) is 18.0. The molecule has 1 heterocycles. The summed E-state index contributed by atoms with van der Waals surface area (Å²) in [6.07, 6.45) is 0.0893. The Bertz CT molecular complexity index is 802. The van der Waals surface area contributed by atoms with Gasteiger partial charge in [0.05, 0.1) is 18.7 Å². The van der Waals surface area contributed by atoms with E-state index < -0.39 is 6.04 Å². The monoisotopic (exact) mass is 340 g/mol. The number of ether oxygens (including phenoxy) is 1. The van der Waals surface area contributed by atoms with Gasteiger partial charge < -0.3 is 15.2 Å². The lowest BCUT2D eigenvalue weighted by atomic mass is 10.1. The molecular weight excluding hydrogens is 320 g/mol. The van der Waals surface area contributed by atoms with Crippen molar-refractivity contribution >= 4 is 23.2 Å². The molecule has 1 aliphatic rings. The highest BCUT2D eigenvalue weighted by molar-refractivity contribution is 6.23. The van der Waals surface area contributed by atoms with Gasteiger partial charge >= 0.3 is 0 Å². The van der Waals surface area contributed by atoms with E-state index in [2.05, 4.69) is 5.32 Å². The lowest BCUT2D eigenvalue weighted by Crippen LogP contribution is -2.34. The predicted molar refractivity (Wildman–Crippen MR) is 95.0 cm³/mol. The first-order valence-corrected chi connectivity index (χ1v) is 8.15. The van der Waals surface area contributed by atoms with Gasteiger partial charge in [-0.05, 0) is 61.9 Å². The molecule has 1 aliphatic heterocycles. The Morgan fingerprint density at radius 3 is 2.56 bits per heavy atom. The highest BCUT2D eigenvalue weighted by Crippen LogP contribution is 2.28. The van der Waals surface area contributed by atoms with Crippen molar-refractivity contribution in [1.29, 1.82) is 0 Å². The van der Waals surface area contributed by atoms with Crippen molar-refractivity contribution in [3.8, 4) is 11.5 Å². The summed E-state index contributed by atoms with van der Waals surface area (Å²) in [7, 11) is 0. The first-order chi connectivity index (χ1) is 12.0. The maximum absolute atomic E-state index is 12.6. The Hall–Kier alpha value is -3.02. The topological polar surface area (TPSA) is 78.9 Å². The molecule has 2 amide bonds. The maximum atomic E-state index is 12.6. The van der Waals surface area contributed by atoms with Crippen LogP contribution < -0.4 is 15.0 Å². The number of nitrogens with one attached hydrogen (secondary N) is 1. The van der Waals surface area contributed by atoms with Crippen molar-refractivity contribution in [2.45, 2.75) is 26.3 Å². The molecule has 130 valence electrons. The van der Waals surface area contributed by atoms with Crippen LogP contribution in [-0.4, -0.2) is 29.6 Å². The number of imide groups is 1. The number of phenols is 1. The number of benzene rings is 2. The summed E-state index contributed by atoms with van der Waals surface area (Å²) in [6.45, 7) is 4.44. The second-order valence-corrected chi connectivity index (χ2v) is 5.90. The van der Waals surface area contributed by atoms with E-state index >= 15 is 0 Å². The number of aromatic hydroxyl groups is 1. The molecule has 0 radical (unpaired) electrons. The highest BCUT2D eigenvalue weighted by Gasteiger charge is 2.39. The van der Waals surface area contributed by atoms with Crippen molar-refractivity contribution in [3.05, 3.63) is 48.0 Å². The molecule has 1 fully saturated rings. The van der Waals surface area contributed by atoms with Crippen LogP contribution in [0, 0.1) is 6.92 Å². The molecule has 2 N–H and O–H groups in total. The second kappa shape index (κ2) is 6.84. The lowest BCUT2D eigenvalue weighted by Gasteiger charge is -2.17. The van der Waals surface area contributed by atoms with E-state index in [0.717, 1.165) is 21.9 Å². The zero-order valence-corrected chi connectivity index (χ0v) is 14.2. The van der Waals surface area contributed by atoms with Gasteiger partial charge in [0, 0.05) is 5.69 Å². The predicted octanol–water partition coefficient (Wildman–Crippen LogP) is 2.84. The van der Waals surface area contributed by atoms with Crippen molar-refractivity contribution in [2.75, 3.05) is 16.8 Å². The molecule has 2 aromatic carbocycles. The molecule has 0 saturated carbocycles. The van der Waals surface area contributed by atoms with E-state index in [9.17, 15) is 14.7 Å². The maximum Gasteiger partial charge on any atom is 0.256 e. The largest absolute Gasteiger partial charge is 0.508 e. The molecule has 1 unspecified atom stereocenters. The third-order valence-corrected chi connectivity index (χ3v) is 4.07. The van der Waals surface area contributed by atoms with Crippen molar-refractivity contribution in [1.82, 2.24) is 0 Å². The Morgan fingerprint density at radius 1 is 1.20 bits per heavy atom. The average molecular weight is 340 g/mol. The number of hydrogen-bond acceptors (Lipinski definition) is 5. The summed E-state index contributed by atoms with van der Waals surface area (Å²) in [5, 5.41) is 12.5. The number of rotatable bonds is 5. The Kier molecular flexibility index (Phi) is 4.61. The molecule has 6 nitrogen and oxygen atoms in total. The summed E-state index contributed by atoms with van der Waals surface area (Å²) in [5.41, 5.74) is 2.18. The second-order valence-electron chi connectivity index (χ2n) is 5.90. The summed E-state index contributed by atoms with van der Waals surface area (Å²) in [5.74, 6) is 0.313. The normalized spacial score (nSPS) is 17.0. The fraction of sp³-hybridized carbons (Fsp3) is 0.263. The smallest absolute Gasteiger partial charge is 0.256 e. The third-order valence-electron chi connectivity index (χ3n) is 4.07. The Balaban J connectivity index is 1.76. The van der Waals surface area contributed by atoms with Crippen molar-refractivity contribution in [3.63, 3.8) is 0 Å². The molecule has 1 saturated heterocycles. The van der Waals surface area contributed by atoms with Crippen LogP contribution in [0.4, 0.5) is 11.4 Å². The van der Waals surface area contributed by atoms with Gasteiger partial charge in [0.15, 0.2) is 0 Å². The Morgan fingerprint density at radius 2 is 1.92 bits per heavy atom. The summed E-state index contributed by atoms with van der Waals surface area (Å²) in [6, 6.07) is 11.0. The summed E-state index contributed by atoms with van der Waals surface area (Å²) >= 11 is 0. The van der Waals surface area contributed by atoms with E-state index in [4.69, 9.17) is 4.74 Å². The minimum absolute atomic E-state index is 0.0855. The first-order valence-electron chi connectivity index (χ1n) is 8.15. The average Bonchev–Trinajstić information content (AvgIpc) is 2.85. The van der Waals surface area contributed by atoms with Crippen LogP contribution in [0.1, 0.15) is 18.9 Å². The third kappa shape index (κ3) is 3.42. The van der Waals surface area contributed by atoms with Crippen LogP contribution in [-0.2, 0) is 9.59 Å². The van der Waals surface area contributed by atoms with Gasteiger partial charge in [0.25, 0.3) is 5.91 Å². The molecule has 2 aromatic rings. The SMILES string of the molecule is CCOc1ccc(NC2CC(=O)N(c3ccc(O)cc3)C2=O)cc1C. The molecule has 0 spiro atoms. The highest BCUT2D eigenvalue weighted by atomic mass is 16.5. The van der Waals surface area contributed by atoms with Gasteiger partial charge in [-0.2, -0.15) is 0 Å². The number of aryl methyl sites for hydroxylation is 1. The number of carbonyl (C=O) groups is 2. The van der Waals surface area contributed by atoms with E-state index in [1.54, 1.807) is 12.1 Å². The van der Waals surface area contributed by atoms with Gasteiger partial charge in [-0.3, -0.25) is 9.59 Å². The molecular formula is C19H20N2O4. The summed E-state index contributed by atoms with van der Waals surface area (Å²) < 4.78 is 5.51. The van der Waals surface area contributed by atoms with Crippen LogP contribution in [0.25, 0.3) is 0 Å². The molecule has 1 atom stereocenters. The molecule has 0 aromatic heterocycles. The number of phenolic OH excluding ortho intramolecular Hbond substituents is 1. The van der Waals surface area contributed by atoms with Gasteiger partial charge in [0.2, 0.25) is 5.91 Å². The van der Waals surface area contributed by atoms with E-state index in [0.29, 0.717) is 12.3 Å². The quantitative estimate of drug-likeness (QED) is 0.818. The number of hydrogen-bond donors (Lipinski definition) is 2. The standard InChI is InChI=1S/C19H20N2O4/c1-3-25-17-9-4-13(10-12(17)2)20-16-11-18(23)21(19(16)24)14-5-7-15(22)8-6-14/h4-10,16,20,22H,3,11H2,1-2H3. The number of anilines is 2. The van der Waals surface area contributed by atoms with Gasteiger partial charge in [-0.1, -0.05) is 0 Å². The minimum Gasteiger partial charge on any atom is -0.508 e. The van der Waals surface area contributed by atoms with Crippen LogP contribution in [0.15, 0.2) is 42.5 Å². The number of carbonyl (C=O) groups excluding carboxylic acids is 2. The molecule has 3 rings (SSSR count). The van der Waals surface area contributed by atoms with Crippen LogP contribution in [0.5, 0.6) is 11.5 Å². The van der Waals surface area contributed by atoms with E-state index in [-0.39, 0.29) is 24.0 Å². The van der Waals surface area contributed by atoms with Crippen LogP contribution in [0.2, 0.25) is 0 Å². The van der Waals surface area contributed by atoms with Gasteiger partial charge in [0.1, 0.15) is 17.5 Å². The van der Waals surface area contributed by atoms with Crippen molar-refractivity contribution in [2.24, 2.45) is 0 Å². The lowest BCUT2D eigenvalue weighted by molar-refractivity contribution is -0.121. The van der Waals surface area contributed by atoms with Crippen molar-refractivity contribution < 1.29 is 19.4 Å². The molecule has 0 aliphatic carbocycles. The summed E-state index contributed by atoms with van der Waals surface area (Å²) in [4.78, 5) is 26.0.